The second-order valence-corrected chi connectivity index (χ2v) is 5.15. The van der Waals surface area contributed by atoms with E-state index < -0.39 is 18.2 Å². The number of benzene rings is 1. The van der Waals surface area contributed by atoms with Crippen LogP contribution in [0.3, 0.4) is 0 Å². The quantitative estimate of drug-likeness (QED) is 0.728. The maximum Gasteiger partial charge on any atom is 0.341 e. The Labute approximate surface area is 111 Å². The maximum absolute atomic E-state index is 12.0. The van der Waals surface area contributed by atoms with E-state index in [0.29, 0.717) is 11.1 Å². The van der Waals surface area contributed by atoms with Crippen LogP contribution in [0.25, 0.3) is 0 Å². The highest BCUT2D eigenvalue weighted by Crippen LogP contribution is 2.30. The van der Waals surface area contributed by atoms with Crippen LogP contribution in [0, 0.1) is 5.92 Å². The molecular formula is C15H16O4. The van der Waals surface area contributed by atoms with Gasteiger partial charge in [0, 0.05) is 5.92 Å². The third-order valence-electron chi connectivity index (χ3n) is 3.84. The van der Waals surface area contributed by atoms with E-state index in [4.69, 9.17) is 9.47 Å². The number of fused-ring (bicyclic) bond motifs is 6. The number of rotatable bonds is 1. The Hall–Kier alpha value is -1.84. The molecule has 0 radical (unpaired) electrons. The summed E-state index contributed by atoms with van der Waals surface area (Å²) in [6.45, 7) is 0. The SMILES string of the molecule is O=C1OC(C2CCCCC2)OC(=O)c2ccc1cc2. The van der Waals surface area contributed by atoms with Crippen LogP contribution < -0.4 is 0 Å². The molecule has 4 heteroatoms. The van der Waals surface area contributed by atoms with Crippen molar-refractivity contribution in [3.05, 3.63) is 35.4 Å². The minimum atomic E-state index is -0.745. The minimum absolute atomic E-state index is 0.125. The Morgan fingerprint density at radius 2 is 1.26 bits per heavy atom. The fraction of sp³-hybridized carbons (Fsp3) is 0.467. The number of carbonyl (C=O) groups excluding carboxylic acids is 2. The van der Waals surface area contributed by atoms with Gasteiger partial charge in [-0.1, -0.05) is 19.3 Å². The number of hydrogen-bond donors (Lipinski definition) is 0. The van der Waals surface area contributed by atoms with Crippen LogP contribution in [0.1, 0.15) is 52.8 Å². The lowest BCUT2D eigenvalue weighted by molar-refractivity contribution is -0.115. The van der Waals surface area contributed by atoms with E-state index in [1.165, 1.54) is 6.42 Å². The molecule has 0 spiro atoms. The lowest BCUT2D eigenvalue weighted by Gasteiger charge is -2.28. The molecule has 0 saturated heterocycles. The van der Waals surface area contributed by atoms with Crippen LogP contribution in [0.4, 0.5) is 0 Å². The fourth-order valence-corrected chi connectivity index (χ4v) is 2.71. The Morgan fingerprint density at radius 1 is 0.789 bits per heavy atom. The largest absolute Gasteiger partial charge is 0.421 e. The van der Waals surface area contributed by atoms with Crippen molar-refractivity contribution in [3.8, 4) is 0 Å². The minimum Gasteiger partial charge on any atom is -0.421 e. The van der Waals surface area contributed by atoms with Gasteiger partial charge in [0.15, 0.2) is 0 Å². The normalized spacial score (nSPS) is 21.3. The highest BCUT2D eigenvalue weighted by Gasteiger charge is 2.32. The zero-order valence-corrected chi connectivity index (χ0v) is 10.6. The average molecular weight is 260 g/mol. The highest BCUT2D eigenvalue weighted by atomic mass is 16.7. The van der Waals surface area contributed by atoms with Gasteiger partial charge in [0.1, 0.15) is 0 Å². The third kappa shape index (κ3) is 2.48. The second-order valence-electron chi connectivity index (χ2n) is 5.15. The Kier molecular flexibility index (Phi) is 3.23. The van der Waals surface area contributed by atoms with Crippen molar-refractivity contribution in [2.75, 3.05) is 0 Å². The number of ether oxygens (including phenoxy) is 2. The number of carbonyl (C=O) groups is 2. The van der Waals surface area contributed by atoms with Crippen molar-refractivity contribution in [2.24, 2.45) is 5.92 Å². The smallest absolute Gasteiger partial charge is 0.341 e. The Bertz CT molecular complexity index is 448. The summed E-state index contributed by atoms with van der Waals surface area (Å²) in [6, 6.07) is 6.40. The van der Waals surface area contributed by atoms with E-state index in [9.17, 15) is 9.59 Å². The van der Waals surface area contributed by atoms with Gasteiger partial charge in [0.25, 0.3) is 6.29 Å². The molecule has 2 bridgehead atoms. The first kappa shape index (κ1) is 12.2. The van der Waals surface area contributed by atoms with Gasteiger partial charge in [0.05, 0.1) is 11.1 Å². The van der Waals surface area contributed by atoms with E-state index in [-0.39, 0.29) is 5.92 Å². The van der Waals surface area contributed by atoms with Crippen LogP contribution in [0.15, 0.2) is 24.3 Å². The molecule has 2 aliphatic heterocycles. The van der Waals surface area contributed by atoms with Crippen molar-refractivity contribution in [1.29, 1.82) is 0 Å². The van der Waals surface area contributed by atoms with E-state index in [1.54, 1.807) is 24.3 Å². The second kappa shape index (κ2) is 5.03. The summed E-state index contributed by atoms with van der Waals surface area (Å²) in [5.74, 6) is -0.714. The third-order valence-corrected chi connectivity index (χ3v) is 3.84. The summed E-state index contributed by atoms with van der Waals surface area (Å²) in [4.78, 5) is 23.9. The molecule has 1 aliphatic carbocycles. The molecule has 19 heavy (non-hydrogen) atoms. The topological polar surface area (TPSA) is 52.6 Å². The molecule has 4 rings (SSSR count). The van der Waals surface area contributed by atoms with Crippen molar-refractivity contribution in [1.82, 2.24) is 0 Å². The van der Waals surface area contributed by atoms with Gasteiger partial charge in [-0.2, -0.15) is 0 Å². The zero-order chi connectivity index (χ0) is 13.2. The molecule has 4 nitrogen and oxygen atoms in total. The summed E-state index contributed by atoms with van der Waals surface area (Å²) in [5.41, 5.74) is 0.922. The van der Waals surface area contributed by atoms with Gasteiger partial charge in [-0.15, -0.1) is 0 Å². The van der Waals surface area contributed by atoms with Gasteiger partial charge in [-0.3, -0.25) is 0 Å². The molecule has 0 amide bonds. The molecule has 0 aromatic heterocycles. The van der Waals surface area contributed by atoms with Gasteiger partial charge < -0.3 is 9.47 Å². The standard InChI is InChI=1S/C15H16O4/c16-13-10-6-7-11(9-8-10)14(17)19-15(18-13)12-4-2-1-3-5-12/h6-9,12,15H,1-5H2. The molecule has 1 aromatic rings. The van der Waals surface area contributed by atoms with Crippen LogP contribution >= 0.6 is 0 Å². The predicted molar refractivity (Wildman–Crippen MR) is 67.6 cm³/mol. The highest BCUT2D eigenvalue weighted by molar-refractivity contribution is 5.94. The first-order chi connectivity index (χ1) is 9.24. The van der Waals surface area contributed by atoms with E-state index >= 15 is 0 Å². The molecule has 2 heterocycles. The molecule has 0 unspecified atom stereocenters. The van der Waals surface area contributed by atoms with Crippen molar-refractivity contribution >= 4 is 11.9 Å². The van der Waals surface area contributed by atoms with Crippen molar-refractivity contribution in [3.63, 3.8) is 0 Å². The number of esters is 2. The summed E-state index contributed by atoms with van der Waals surface area (Å²) in [6.07, 6.45) is 4.53. The van der Waals surface area contributed by atoms with Crippen LogP contribution in [0.5, 0.6) is 0 Å². The fourth-order valence-electron chi connectivity index (χ4n) is 2.71. The molecule has 0 N–H and O–H groups in total. The maximum atomic E-state index is 12.0. The first-order valence-corrected chi connectivity index (χ1v) is 6.76. The predicted octanol–water partition coefficient (Wildman–Crippen LogP) is 2.92. The van der Waals surface area contributed by atoms with Crippen LogP contribution in [-0.2, 0) is 9.47 Å². The Balaban J connectivity index is 1.86. The summed E-state index contributed by atoms with van der Waals surface area (Å²) in [5, 5.41) is 0. The lowest BCUT2D eigenvalue weighted by Crippen LogP contribution is -2.32. The molecular weight excluding hydrogens is 244 g/mol. The number of hydrogen-bond acceptors (Lipinski definition) is 4. The molecule has 1 saturated carbocycles. The van der Waals surface area contributed by atoms with Gasteiger partial charge in [-0.05, 0) is 37.1 Å². The molecule has 1 aromatic carbocycles. The first-order valence-electron chi connectivity index (χ1n) is 6.76. The molecule has 0 atom stereocenters. The van der Waals surface area contributed by atoms with E-state index in [2.05, 4.69) is 0 Å². The van der Waals surface area contributed by atoms with Gasteiger partial charge >= 0.3 is 11.9 Å². The van der Waals surface area contributed by atoms with Crippen LogP contribution in [-0.4, -0.2) is 18.2 Å². The zero-order valence-electron chi connectivity index (χ0n) is 10.6. The monoisotopic (exact) mass is 260 g/mol. The summed E-state index contributed by atoms with van der Waals surface area (Å²) < 4.78 is 10.8. The average Bonchev–Trinajstić information content (AvgIpc) is 2.55. The molecule has 100 valence electrons. The molecule has 3 aliphatic rings. The van der Waals surface area contributed by atoms with Gasteiger partial charge in [0.2, 0.25) is 0 Å². The lowest BCUT2D eigenvalue weighted by atomic mass is 9.89. The molecule has 1 fully saturated rings. The van der Waals surface area contributed by atoms with E-state index in [0.717, 1.165) is 25.7 Å². The van der Waals surface area contributed by atoms with Gasteiger partial charge in [-0.25, -0.2) is 9.59 Å². The summed E-state index contributed by atoms with van der Waals surface area (Å²) in [7, 11) is 0. The van der Waals surface area contributed by atoms with Crippen molar-refractivity contribution in [2.45, 2.75) is 38.4 Å². The van der Waals surface area contributed by atoms with E-state index in [1.807, 2.05) is 0 Å². The Morgan fingerprint density at radius 3 is 1.74 bits per heavy atom. The summed E-state index contributed by atoms with van der Waals surface area (Å²) >= 11 is 0. The van der Waals surface area contributed by atoms with Crippen LogP contribution in [0.2, 0.25) is 0 Å². The van der Waals surface area contributed by atoms with Crippen molar-refractivity contribution < 1.29 is 19.1 Å².